The minimum atomic E-state index is -0.236. The second-order valence-electron chi connectivity index (χ2n) is 6.33. The summed E-state index contributed by atoms with van der Waals surface area (Å²) in [7, 11) is 1.92. The van der Waals surface area contributed by atoms with Crippen LogP contribution in [0.2, 0.25) is 0 Å². The molecule has 27 heavy (non-hydrogen) atoms. The van der Waals surface area contributed by atoms with E-state index in [0.29, 0.717) is 12.1 Å². The second-order valence-corrected chi connectivity index (χ2v) is 6.33. The zero-order chi connectivity index (χ0) is 18.6. The number of benzene rings is 2. The minimum Gasteiger partial charge on any atom is -0.350 e. The van der Waals surface area contributed by atoms with E-state index in [1.807, 2.05) is 71.2 Å². The predicted octanol–water partition coefficient (Wildman–Crippen LogP) is 3.19. The van der Waals surface area contributed by atoms with E-state index in [1.165, 1.54) is 5.56 Å². The molecule has 0 bridgehead atoms. The van der Waals surface area contributed by atoms with Gasteiger partial charge < -0.3 is 4.57 Å². The maximum atomic E-state index is 12.4. The highest BCUT2D eigenvalue weighted by Crippen LogP contribution is 2.19. The average molecular weight is 357 g/mol. The highest BCUT2D eigenvalue weighted by molar-refractivity contribution is 6.07. The van der Waals surface area contributed by atoms with Crippen molar-refractivity contribution in [1.29, 1.82) is 0 Å². The number of hydrazone groups is 1. The Bertz CT molecular complexity index is 1110. The molecule has 0 fully saturated rings. The van der Waals surface area contributed by atoms with Crippen molar-refractivity contribution < 1.29 is 4.79 Å². The van der Waals surface area contributed by atoms with E-state index in [-0.39, 0.29) is 5.91 Å². The van der Waals surface area contributed by atoms with Crippen LogP contribution in [0.5, 0.6) is 0 Å². The van der Waals surface area contributed by atoms with Crippen molar-refractivity contribution in [2.45, 2.75) is 6.54 Å². The molecule has 4 aromatic rings. The molecule has 6 nitrogen and oxygen atoms in total. The number of carbonyl (C=O) groups excluding carboxylic acids is 1. The van der Waals surface area contributed by atoms with Crippen LogP contribution in [0.15, 0.2) is 78.3 Å². The van der Waals surface area contributed by atoms with Gasteiger partial charge in [0, 0.05) is 35.9 Å². The first-order chi connectivity index (χ1) is 13.2. The highest BCUT2D eigenvalue weighted by atomic mass is 16.2. The largest absolute Gasteiger partial charge is 0.350 e. The van der Waals surface area contributed by atoms with Crippen LogP contribution < -0.4 is 5.43 Å². The van der Waals surface area contributed by atoms with Gasteiger partial charge in [-0.3, -0.25) is 9.48 Å². The Labute approximate surface area is 156 Å². The first-order valence-corrected chi connectivity index (χ1v) is 8.64. The minimum absolute atomic E-state index is 0.236. The lowest BCUT2D eigenvalue weighted by molar-refractivity contribution is 0.0956. The lowest BCUT2D eigenvalue weighted by atomic mass is 10.2. The van der Waals surface area contributed by atoms with Gasteiger partial charge >= 0.3 is 0 Å². The standard InChI is InChI=1S/C21H19N5O/c1-25-15-19(18-9-5-6-10-20(18)25)21(27)24-22-11-17-12-23-26(14-17)13-16-7-3-2-4-8-16/h2-12,14-15H,13H2,1H3,(H,24,27)/b22-11-. The molecule has 1 amide bonds. The molecule has 2 heterocycles. The van der Waals surface area contributed by atoms with Gasteiger partial charge in [-0.1, -0.05) is 48.5 Å². The smallest absolute Gasteiger partial charge is 0.273 e. The number of hydrogen-bond donors (Lipinski definition) is 1. The van der Waals surface area contributed by atoms with Gasteiger partial charge in [-0.25, -0.2) is 5.43 Å². The molecule has 2 aromatic carbocycles. The molecule has 134 valence electrons. The number of nitrogens with zero attached hydrogens (tertiary/aromatic N) is 4. The van der Waals surface area contributed by atoms with Gasteiger partial charge in [0.15, 0.2) is 0 Å². The van der Waals surface area contributed by atoms with Crippen LogP contribution in [-0.2, 0) is 13.6 Å². The summed E-state index contributed by atoms with van der Waals surface area (Å²) < 4.78 is 3.77. The number of para-hydroxylation sites is 1. The summed E-state index contributed by atoms with van der Waals surface area (Å²) in [6.07, 6.45) is 7.02. The Morgan fingerprint density at radius 1 is 1.11 bits per heavy atom. The molecule has 0 spiro atoms. The van der Waals surface area contributed by atoms with Crippen LogP contribution in [0.25, 0.3) is 10.9 Å². The third-order valence-corrected chi connectivity index (χ3v) is 4.36. The molecule has 0 unspecified atom stereocenters. The number of hydrogen-bond acceptors (Lipinski definition) is 3. The molecule has 1 N–H and O–H groups in total. The van der Waals surface area contributed by atoms with Crippen molar-refractivity contribution in [3.8, 4) is 0 Å². The van der Waals surface area contributed by atoms with Crippen molar-refractivity contribution in [3.63, 3.8) is 0 Å². The molecule has 0 radical (unpaired) electrons. The Morgan fingerprint density at radius 2 is 1.89 bits per heavy atom. The number of aryl methyl sites for hydroxylation is 1. The van der Waals surface area contributed by atoms with Crippen molar-refractivity contribution >= 4 is 23.0 Å². The monoisotopic (exact) mass is 357 g/mol. The number of rotatable bonds is 5. The van der Waals surface area contributed by atoms with Crippen LogP contribution in [-0.4, -0.2) is 26.5 Å². The van der Waals surface area contributed by atoms with Gasteiger partial charge in [0.05, 0.1) is 24.5 Å². The second kappa shape index (κ2) is 7.29. The maximum Gasteiger partial charge on any atom is 0.273 e. The molecule has 0 saturated carbocycles. The van der Waals surface area contributed by atoms with E-state index in [1.54, 1.807) is 12.4 Å². The first kappa shape index (κ1) is 16.8. The van der Waals surface area contributed by atoms with E-state index >= 15 is 0 Å². The van der Waals surface area contributed by atoms with Crippen LogP contribution in [0, 0.1) is 0 Å². The van der Waals surface area contributed by atoms with Crippen molar-refractivity contribution in [2.75, 3.05) is 0 Å². The first-order valence-electron chi connectivity index (χ1n) is 8.64. The molecule has 0 aliphatic carbocycles. The molecule has 0 atom stereocenters. The summed E-state index contributed by atoms with van der Waals surface area (Å²) in [4.78, 5) is 12.4. The van der Waals surface area contributed by atoms with Crippen LogP contribution in [0.1, 0.15) is 21.5 Å². The molecular weight excluding hydrogens is 338 g/mol. The highest BCUT2D eigenvalue weighted by Gasteiger charge is 2.12. The number of carbonyl (C=O) groups is 1. The SMILES string of the molecule is Cn1cc(C(=O)N/N=C\c2cnn(Cc3ccccc3)c2)c2ccccc21. The number of amides is 1. The summed E-state index contributed by atoms with van der Waals surface area (Å²) in [5, 5.41) is 9.29. The van der Waals surface area contributed by atoms with E-state index in [2.05, 4.69) is 27.8 Å². The fraction of sp³-hybridized carbons (Fsp3) is 0.0952. The van der Waals surface area contributed by atoms with E-state index in [4.69, 9.17) is 0 Å². The number of fused-ring (bicyclic) bond motifs is 1. The molecule has 4 rings (SSSR count). The van der Waals surface area contributed by atoms with Crippen LogP contribution >= 0.6 is 0 Å². The third-order valence-electron chi connectivity index (χ3n) is 4.36. The van der Waals surface area contributed by atoms with E-state index < -0.39 is 0 Å². The summed E-state index contributed by atoms with van der Waals surface area (Å²) in [5.74, 6) is -0.236. The van der Waals surface area contributed by atoms with Crippen LogP contribution in [0.3, 0.4) is 0 Å². The maximum absolute atomic E-state index is 12.4. The van der Waals surface area contributed by atoms with Crippen molar-refractivity contribution in [1.82, 2.24) is 19.8 Å². The quantitative estimate of drug-likeness (QED) is 0.440. The molecule has 0 saturated heterocycles. The van der Waals surface area contributed by atoms with Crippen molar-refractivity contribution in [3.05, 3.63) is 89.9 Å². The molecule has 0 aliphatic rings. The number of nitrogens with one attached hydrogen (secondary N) is 1. The lowest BCUT2D eigenvalue weighted by Gasteiger charge is -2.00. The zero-order valence-electron chi connectivity index (χ0n) is 14.9. The van der Waals surface area contributed by atoms with Gasteiger partial charge in [0.1, 0.15) is 0 Å². The van der Waals surface area contributed by atoms with Gasteiger partial charge in [0.2, 0.25) is 0 Å². The molecule has 0 aliphatic heterocycles. The summed E-state index contributed by atoms with van der Waals surface area (Å²) in [6.45, 7) is 0.692. The molecule has 6 heteroatoms. The van der Waals surface area contributed by atoms with Gasteiger partial charge in [-0.05, 0) is 11.6 Å². The zero-order valence-corrected chi connectivity index (χ0v) is 14.9. The van der Waals surface area contributed by atoms with Gasteiger partial charge in [-0.2, -0.15) is 10.2 Å². The summed E-state index contributed by atoms with van der Waals surface area (Å²) in [6, 6.07) is 17.9. The molecular formula is C21H19N5O. The number of aromatic nitrogens is 3. The fourth-order valence-electron chi connectivity index (χ4n) is 3.05. The third kappa shape index (κ3) is 3.64. The predicted molar refractivity (Wildman–Crippen MR) is 106 cm³/mol. The normalized spacial score (nSPS) is 11.3. The molecule has 2 aromatic heterocycles. The summed E-state index contributed by atoms with van der Waals surface area (Å²) in [5.41, 5.74) is 6.20. The lowest BCUT2D eigenvalue weighted by Crippen LogP contribution is -2.17. The Hall–Kier alpha value is -3.67. The van der Waals surface area contributed by atoms with E-state index in [9.17, 15) is 4.79 Å². The fourth-order valence-corrected chi connectivity index (χ4v) is 3.05. The topological polar surface area (TPSA) is 64.2 Å². The van der Waals surface area contributed by atoms with Crippen molar-refractivity contribution in [2.24, 2.45) is 12.1 Å². The average Bonchev–Trinajstić information content (AvgIpc) is 3.27. The van der Waals surface area contributed by atoms with Gasteiger partial charge in [-0.15, -0.1) is 0 Å². The van der Waals surface area contributed by atoms with Gasteiger partial charge in [0.25, 0.3) is 5.91 Å². The Balaban J connectivity index is 1.42. The Kier molecular flexibility index (Phi) is 4.53. The Morgan fingerprint density at radius 3 is 2.74 bits per heavy atom. The van der Waals surface area contributed by atoms with Crippen LogP contribution in [0.4, 0.5) is 0 Å². The summed E-state index contributed by atoms with van der Waals surface area (Å²) >= 11 is 0. The van der Waals surface area contributed by atoms with E-state index in [0.717, 1.165) is 16.5 Å².